The Morgan fingerprint density at radius 1 is 1.39 bits per heavy atom. The molecular formula is C18H29ClN2O2. The number of para-hydroxylation sites is 1. The van der Waals surface area contributed by atoms with Gasteiger partial charge in [-0.3, -0.25) is 4.79 Å². The minimum absolute atomic E-state index is 0. The summed E-state index contributed by atoms with van der Waals surface area (Å²) in [5, 5.41) is 6.36. The van der Waals surface area contributed by atoms with Crippen LogP contribution >= 0.6 is 12.4 Å². The molecule has 1 heterocycles. The van der Waals surface area contributed by atoms with Gasteiger partial charge in [0.1, 0.15) is 12.4 Å². The third kappa shape index (κ3) is 6.40. The molecule has 1 amide bonds. The summed E-state index contributed by atoms with van der Waals surface area (Å²) in [6.45, 7) is 8.72. The molecule has 2 unspecified atom stereocenters. The summed E-state index contributed by atoms with van der Waals surface area (Å²) in [5.74, 6) is 1.72. The third-order valence-electron chi connectivity index (χ3n) is 4.24. The van der Waals surface area contributed by atoms with Gasteiger partial charge in [0.05, 0.1) is 6.04 Å². The van der Waals surface area contributed by atoms with Crippen LogP contribution in [0.2, 0.25) is 0 Å². The fourth-order valence-electron chi connectivity index (χ4n) is 2.92. The molecule has 1 aliphatic rings. The first-order valence-electron chi connectivity index (χ1n) is 8.25. The van der Waals surface area contributed by atoms with Gasteiger partial charge in [-0.25, -0.2) is 0 Å². The summed E-state index contributed by atoms with van der Waals surface area (Å²) >= 11 is 0. The van der Waals surface area contributed by atoms with Gasteiger partial charge in [-0.05, 0) is 63.7 Å². The predicted molar refractivity (Wildman–Crippen MR) is 96.5 cm³/mol. The van der Waals surface area contributed by atoms with E-state index in [0.717, 1.165) is 36.4 Å². The molecule has 1 aromatic rings. The summed E-state index contributed by atoms with van der Waals surface area (Å²) in [4.78, 5) is 12.0. The highest BCUT2D eigenvalue weighted by atomic mass is 35.5. The van der Waals surface area contributed by atoms with Crippen molar-refractivity contribution in [3.8, 4) is 5.75 Å². The smallest absolute Gasteiger partial charge is 0.220 e. The Hall–Kier alpha value is -1.26. The van der Waals surface area contributed by atoms with Gasteiger partial charge >= 0.3 is 0 Å². The lowest BCUT2D eigenvalue weighted by Crippen LogP contribution is -2.37. The van der Waals surface area contributed by atoms with Crippen molar-refractivity contribution in [1.82, 2.24) is 10.6 Å². The molecule has 1 aromatic carbocycles. The Bertz CT molecular complexity index is 482. The molecule has 1 fully saturated rings. The summed E-state index contributed by atoms with van der Waals surface area (Å²) in [6, 6.07) is 6.14. The molecule has 4 nitrogen and oxygen atoms in total. The molecule has 23 heavy (non-hydrogen) atoms. The zero-order valence-electron chi connectivity index (χ0n) is 14.4. The van der Waals surface area contributed by atoms with Crippen LogP contribution in [-0.4, -0.2) is 31.6 Å². The lowest BCUT2D eigenvalue weighted by Gasteiger charge is -2.18. The van der Waals surface area contributed by atoms with Crippen molar-refractivity contribution in [2.75, 3.05) is 19.7 Å². The van der Waals surface area contributed by atoms with E-state index in [0.29, 0.717) is 18.9 Å². The Kier molecular flexibility index (Phi) is 8.42. The highest BCUT2D eigenvalue weighted by Gasteiger charge is 2.16. The van der Waals surface area contributed by atoms with Crippen molar-refractivity contribution in [3.63, 3.8) is 0 Å². The van der Waals surface area contributed by atoms with Gasteiger partial charge in [0.2, 0.25) is 5.91 Å². The van der Waals surface area contributed by atoms with E-state index in [4.69, 9.17) is 4.74 Å². The zero-order valence-corrected chi connectivity index (χ0v) is 15.2. The number of carbonyl (C=O) groups is 1. The average molecular weight is 341 g/mol. The van der Waals surface area contributed by atoms with Gasteiger partial charge in [0.15, 0.2) is 0 Å². The van der Waals surface area contributed by atoms with Crippen molar-refractivity contribution in [3.05, 3.63) is 29.3 Å². The fourth-order valence-corrected chi connectivity index (χ4v) is 2.92. The van der Waals surface area contributed by atoms with E-state index in [1.54, 1.807) is 0 Å². The Morgan fingerprint density at radius 3 is 2.70 bits per heavy atom. The summed E-state index contributed by atoms with van der Waals surface area (Å²) in [6.07, 6.45) is 2.78. The van der Waals surface area contributed by atoms with Crippen molar-refractivity contribution >= 4 is 18.3 Å². The minimum atomic E-state index is 0. The molecule has 1 saturated heterocycles. The molecule has 0 radical (unpaired) electrons. The first-order valence-corrected chi connectivity index (χ1v) is 8.25. The van der Waals surface area contributed by atoms with E-state index in [9.17, 15) is 4.79 Å². The van der Waals surface area contributed by atoms with Gasteiger partial charge in [-0.1, -0.05) is 18.2 Å². The van der Waals surface area contributed by atoms with Crippen molar-refractivity contribution in [2.45, 2.75) is 46.1 Å². The number of hydrogen-bond acceptors (Lipinski definition) is 3. The predicted octanol–water partition coefficient (Wildman–Crippen LogP) is 3.00. The highest BCUT2D eigenvalue weighted by Crippen LogP contribution is 2.22. The molecule has 0 aromatic heterocycles. The van der Waals surface area contributed by atoms with Crippen LogP contribution in [0.1, 0.15) is 37.3 Å². The van der Waals surface area contributed by atoms with Crippen LogP contribution in [0.4, 0.5) is 0 Å². The van der Waals surface area contributed by atoms with Crippen LogP contribution in [0, 0.1) is 19.8 Å². The topological polar surface area (TPSA) is 50.4 Å². The number of nitrogens with one attached hydrogen (secondary N) is 2. The van der Waals surface area contributed by atoms with Gasteiger partial charge in [-0.2, -0.15) is 0 Å². The van der Waals surface area contributed by atoms with Crippen LogP contribution in [-0.2, 0) is 4.79 Å². The van der Waals surface area contributed by atoms with E-state index in [-0.39, 0.29) is 24.4 Å². The van der Waals surface area contributed by atoms with Crippen LogP contribution in [0.25, 0.3) is 0 Å². The first kappa shape index (κ1) is 19.8. The van der Waals surface area contributed by atoms with E-state index in [1.165, 1.54) is 6.42 Å². The zero-order chi connectivity index (χ0) is 15.9. The van der Waals surface area contributed by atoms with Gasteiger partial charge < -0.3 is 15.4 Å². The SMILES string of the molecule is Cc1cccc(C)c1OCC(C)NC(=O)CCC1CCNC1.Cl. The number of aryl methyl sites for hydroxylation is 2. The Morgan fingerprint density at radius 2 is 2.09 bits per heavy atom. The second-order valence-electron chi connectivity index (χ2n) is 6.40. The average Bonchev–Trinajstić information content (AvgIpc) is 2.98. The molecule has 0 aliphatic carbocycles. The van der Waals surface area contributed by atoms with E-state index < -0.39 is 0 Å². The Balaban J connectivity index is 0.00000264. The minimum Gasteiger partial charge on any atom is -0.491 e. The standard InChI is InChI=1S/C18H28N2O2.ClH/c1-13-5-4-6-14(2)18(13)22-12-15(3)20-17(21)8-7-16-9-10-19-11-16;/h4-6,15-16,19H,7-12H2,1-3H3,(H,20,21);1H. The first-order chi connectivity index (χ1) is 10.6. The van der Waals surface area contributed by atoms with Crippen LogP contribution in [0.15, 0.2) is 18.2 Å². The molecule has 2 N–H and O–H groups in total. The number of halogens is 1. The lowest BCUT2D eigenvalue weighted by atomic mass is 10.0. The van der Waals surface area contributed by atoms with E-state index >= 15 is 0 Å². The molecule has 0 spiro atoms. The van der Waals surface area contributed by atoms with Crippen LogP contribution in [0.3, 0.4) is 0 Å². The highest BCUT2D eigenvalue weighted by molar-refractivity contribution is 5.85. The lowest BCUT2D eigenvalue weighted by molar-refractivity contribution is -0.122. The molecule has 5 heteroatoms. The molecule has 130 valence electrons. The molecule has 2 rings (SSSR count). The van der Waals surface area contributed by atoms with Gasteiger partial charge in [-0.15, -0.1) is 12.4 Å². The fraction of sp³-hybridized carbons (Fsp3) is 0.611. The Labute approximate surface area is 145 Å². The largest absolute Gasteiger partial charge is 0.491 e. The quantitative estimate of drug-likeness (QED) is 0.802. The molecule has 0 bridgehead atoms. The number of carbonyl (C=O) groups excluding carboxylic acids is 1. The number of hydrogen-bond donors (Lipinski definition) is 2. The van der Waals surface area contributed by atoms with Gasteiger partial charge in [0, 0.05) is 6.42 Å². The van der Waals surface area contributed by atoms with Crippen molar-refractivity contribution in [1.29, 1.82) is 0 Å². The summed E-state index contributed by atoms with van der Waals surface area (Å²) in [7, 11) is 0. The molecule has 0 saturated carbocycles. The van der Waals surface area contributed by atoms with Gasteiger partial charge in [0.25, 0.3) is 0 Å². The molecule has 1 aliphatic heterocycles. The second kappa shape index (κ2) is 9.78. The third-order valence-corrected chi connectivity index (χ3v) is 4.24. The normalized spacial score (nSPS) is 18.1. The van der Waals surface area contributed by atoms with E-state index in [1.807, 2.05) is 39.0 Å². The summed E-state index contributed by atoms with van der Waals surface area (Å²) in [5.41, 5.74) is 2.26. The monoisotopic (exact) mass is 340 g/mol. The molecular weight excluding hydrogens is 312 g/mol. The van der Waals surface area contributed by atoms with Crippen LogP contribution in [0.5, 0.6) is 5.75 Å². The number of rotatable bonds is 7. The maximum Gasteiger partial charge on any atom is 0.220 e. The van der Waals surface area contributed by atoms with Crippen molar-refractivity contribution in [2.24, 2.45) is 5.92 Å². The number of ether oxygens (including phenoxy) is 1. The number of amides is 1. The molecule has 2 atom stereocenters. The van der Waals surface area contributed by atoms with Crippen molar-refractivity contribution < 1.29 is 9.53 Å². The maximum absolute atomic E-state index is 12.0. The summed E-state index contributed by atoms with van der Waals surface area (Å²) < 4.78 is 5.88. The number of benzene rings is 1. The second-order valence-corrected chi connectivity index (χ2v) is 6.40. The maximum atomic E-state index is 12.0. The van der Waals surface area contributed by atoms with E-state index in [2.05, 4.69) is 10.6 Å². The van der Waals surface area contributed by atoms with Crippen LogP contribution < -0.4 is 15.4 Å².